The molecule has 0 unspecified atom stereocenters. The van der Waals surface area contributed by atoms with Gasteiger partial charge in [0.15, 0.2) is 5.65 Å². The van der Waals surface area contributed by atoms with E-state index >= 15 is 0 Å². The van der Waals surface area contributed by atoms with Gasteiger partial charge in [-0.2, -0.15) is 5.10 Å². The molecule has 2 aromatic heterocycles. The average molecular weight is 460 g/mol. The molecule has 0 atom stereocenters. The number of hydrazine groups is 1. The smallest absolute Gasteiger partial charge is 0.238 e. The summed E-state index contributed by atoms with van der Waals surface area (Å²) in [6.45, 7) is 4.00. The Morgan fingerprint density at radius 1 is 1.00 bits per heavy atom. The van der Waals surface area contributed by atoms with Crippen LogP contribution in [0.5, 0.6) is 0 Å². The Bertz CT molecular complexity index is 1260. The molecule has 2 N–H and O–H groups in total. The summed E-state index contributed by atoms with van der Waals surface area (Å²) in [5.74, 6) is 2.23. The minimum Gasteiger partial charge on any atom is -0.273 e. The Labute approximate surface area is 199 Å². The predicted octanol–water partition coefficient (Wildman–Crippen LogP) is 4.19. The van der Waals surface area contributed by atoms with Crippen molar-refractivity contribution in [3.8, 4) is 0 Å². The van der Waals surface area contributed by atoms with E-state index < -0.39 is 0 Å². The van der Waals surface area contributed by atoms with Crippen LogP contribution in [0.3, 0.4) is 0 Å². The first-order valence-electron chi connectivity index (χ1n) is 12.7. The van der Waals surface area contributed by atoms with Crippen molar-refractivity contribution in [2.24, 2.45) is 23.2 Å². The van der Waals surface area contributed by atoms with Crippen molar-refractivity contribution >= 4 is 28.4 Å². The Morgan fingerprint density at radius 3 is 2.35 bits per heavy atom. The molecule has 2 amide bonds. The van der Waals surface area contributed by atoms with Crippen LogP contribution < -0.4 is 10.9 Å². The summed E-state index contributed by atoms with van der Waals surface area (Å²) in [6.07, 6.45) is 9.05. The number of rotatable bonds is 5. The molecule has 7 rings (SSSR count). The molecule has 0 radical (unpaired) electrons. The van der Waals surface area contributed by atoms with Crippen molar-refractivity contribution in [2.75, 3.05) is 0 Å². The topological polar surface area (TPSA) is 88.4 Å². The number of amides is 2. The lowest BCUT2D eigenvalue weighted by Crippen LogP contribution is -2.50. The Morgan fingerprint density at radius 2 is 1.65 bits per heavy atom. The molecule has 4 aliphatic rings. The second-order valence-electron chi connectivity index (χ2n) is 11.2. The number of nitrogens with zero attached hydrogens (tertiary/aromatic N) is 3. The number of nitrogens with one attached hydrogen (secondary N) is 2. The number of benzene rings is 1. The molecule has 1 aromatic carbocycles. The lowest BCUT2D eigenvalue weighted by Gasteiger charge is -2.56. The summed E-state index contributed by atoms with van der Waals surface area (Å²) in [5, 5.41) is 5.72. The van der Waals surface area contributed by atoms with Crippen molar-refractivity contribution < 1.29 is 9.59 Å². The zero-order valence-corrected chi connectivity index (χ0v) is 20.1. The molecule has 7 heteroatoms. The molecule has 3 aromatic rings. The number of aromatic nitrogens is 3. The highest BCUT2D eigenvalue weighted by Crippen LogP contribution is 2.61. The van der Waals surface area contributed by atoms with Crippen LogP contribution in [-0.2, 0) is 16.0 Å². The standard InChI is InChI=1S/C27H33N5O2/c1-16-21(17(2)32-26(28-16)22-5-3-4-6-23(22)31-32)7-8-24(33)29-30-25(34)15-27-12-18-9-19(13-27)11-20(10-18)14-27/h3-6,18-20H,7-15H2,1-2H3,(H,29,33)(H,30,34). The van der Waals surface area contributed by atoms with Crippen LogP contribution >= 0.6 is 0 Å². The normalized spacial score (nSPS) is 27.4. The first-order chi connectivity index (χ1) is 16.4. The highest BCUT2D eigenvalue weighted by Gasteiger charge is 2.51. The molecule has 0 saturated heterocycles. The van der Waals surface area contributed by atoms with Crippen LogP contribution in [0.2, 0.25) is 0 Å². The zero-order chi connectivity index (χ0) is 23.4. The van der Waals surface area contributed by atoms with Crippen molar-refractivity contribution in [3.05, 3.63) is 41.2 Å². The number of hydrogen-bond donors (Lipinski definition) is 2. The maximum atomic E-state index is 12.7. The molecular weight excluding hydrogens is 426 g/mol. The number of fused-ring (bicyclic) bond motifs is 3. The minimum absolute atomic E-state index is 0.0472. The largest absolute Gasteiger partial charge is 0.273 e. The van der Waals surface area contributed by atoms with E-state index in [1.54, 1.807) is 0 Å². The molecular formula is C27H33N5O2. The Kier molecular flexibility index (Phi) is 5.12. The first-order valence-corrected chi connectivity index (χ1v) is 12.7. The van der Waals surface area contributed by atoms with E-state index in [0.717, 1.165) is 51.3 Å². The predicted molar refractivity (Wildman–Crippen MR) is 130 cm³/mol. The quantitative estimate of drug-likeness (QED) is 0.560. The highest BCUT2D eigenvalue weighted by atomic mass is 16.2. The monoisotopic (exact) mass is 459 g/mol. The Hall–Kier alpha value is -2.96. The van der Waals surface area contributed by atoms with Gasteiger partial charge in [0, 0.05) is 29.6 Å². The van der Waals surface area contributed by atoms with Crippen LogP contribution in [0, 0.1) is 37.0 Å². The third kappa shape index (κ3) is 3.75. The molecule has 4 fully saturated rings. The molecule has 4 saturated carbocycles. The Balaban J connectivity index is 1.07. The van der Waals surface area contributed by atoms with Gasteiger partial charge in [-0.1, -0.05) is 12.1 Å². The summed E-state index contributed by atoms with van der Waals surface area (Å²) in [6, 6.07) is 7.98. The van der Waals surface area contributed by atoms with Gasteiger partial charge in [-0.3, -0.25) is 20.4 Å². The van der Waals surface area contributed by atoms with Crippen molar-refractivity contribution in [3.63, 3.8) is 0 Å². The SMILES string of the molecule is Cc1nc2c3ccccc3nn2c(C)c1CCC(=O)NNC(=O)CC12CC3CC(CC(C3)C1)C2. The van der Waals surface area contributed by atoms with E-state index in [2.05, 4.69) is 16.0 Å². The maximum absolute atomic E-state index is 12.7. The first kappa shape index (κ1) is 21.6. The number of carbonyl (C=O) groups excluding carboxylic acids is 2. The molecule has 4 aliphatic carbocycles. The fourth-order valence-electron chi connectivity index (χ4n) is 7.67. The number of carbonyl (C=O) groups is 2. The van der Waals surface area contributed by atoms with E-state index in [0.29, 0.717) is 12.8 Å². The minimum atomic E-state index is -0.177. The van der Waals surface area contributed by atoms with Crippen LogP contribution in [0.4, 0.5) is 0 Å². The fraction of sp³-hybridized carbons (Fsp3) is 0.556. The summed E-state index contributed by atoms with van der Waals surface area (Å²) in [7, 11) is 0. The van der Waals surface area contributed by atoms with Crippen LogP contribution in [0.1, 0.15) is 68.3 Å². The summed E-state index contributed by atoms with van der Waals surface area (Å²) in [4.78, 5) is 30.0. The number of hydrogen-bond acceptors (Lipinski definition) is 4. The van der Waals surface area contributed by atoms with E-state index in [1.165, 1.54) is 38.5 Å². The molecule has 4 bridgehead atoms. The fourth-order valence-corrected chi connectivity index (χ4v) is 7.67. The van der Waals surface area contributed by atoms with Crippen LogP contribution in [0.25, 0.3) is 16.6 Å². The molecule has 0 aliphatic heterocycles. The van der Waals surface area contributed by atoms with Gasteiger partial charge in [-0.05, 0) is 99.7 Å². The zero-order valence-electron chi connectivity index (χ0n) is 20.1. The van der Waals surface area contributed by atoms with Gasteiger partial charge in [0.1, 0.15) is 0 Å². The van der Waals surface area contributed by atoms with Gasteiger partial charge >= 0.3 is 0 Å². The molecule has 2 heterocycles. The molecule has 7 nitrogen and oxygen atoms in total. The highest BCUT2D eigenvalue weighted by molar-refractivity contribution is 5.92. The van der Waals surface area contributed by atoms with Gasteiger partial charge < -0.3 is 0 Å². The second kappa shape index (κ2) is 8.07. The van der Waals surface area contributed by atoms with E-state index in [1.807, 2.05) is 42.6 Å². The van der Waals surface area contributed by atoms with Gasteiger partial charge in [0.25, 0.3) is 0 Å². The third-order valence-corrected chi connectivity index (χ3v) is 8.66. The molecule has 178 valence electrons. The summed E-state index contributed by atoms with van der Waals surface area (Å²) >= 11 is 0. The number of aryl methyl sites for hydroxylation is 2. The molecule has 34 heavy (non-hydrogen) atoms. The third-order valence-electron chi connectivity index (χ3n) is 8.66. The average Bonchev–Trinajstić information content (AvgIpc) is 3.15. The van der Waals surface area contributed by atoms with E-state index in [9.17, 15) is 9.59 Å². The van der Waals surface area contributed by atoms with E-state index in [-0.39, 0.29) is 23.7 Å². The van der Waals surface area contributed by atoms with Gasteiger partial charge in [0.2, 0.25) is 11.8 Å². The lowest BCUT2D eigenvalue weighted by molar-refractivity contribution is -0.134. The summed E-state index contributed by atoms with van der Waals surface area (Å²) < 4.78 is 1.87. The van der Waals surface area contributed by atoms with Gasteiger partial charge in [-0.25, -0.2) is 9.50 Å². The van der Waals surface area contributed by atoms with Crippen molar-refractivity contribution in [1.29, 1.82) is 0 Å². The van der Waals surface area contributed by atoms with Gasteiger partial charge in [0.05, 0.1) is 5.52 Å². The summed E-state index contributed by atoms with van der Waals surface area (Å²) in [5.41, 5.74) is 10.2. The van der Waals surface area contributed by atoms with Crippen LogP contribution in [0.15, 0.2) is 24.3 Å². The molecule has 0 spiro atoms. The van der Waals surface area contributed by atoms with Crippen molar-refractivity contribution in [1.82, 2.24) is 25.4 Å². The second-order valence-corrected chi connectivity index (χ2v) is 11.2. The lowest BCUT2D eigenvalue weighted by atomic mass is 9.49. The van der Waals surface area contributed by atoms with Gasteiger partial charge in [-0.15, -0.1) is 0 Å². The maximum Gasteiger partial charge on any atom is 0.238 e. The van der Waals surface area contributed by atoms with Crippen LogP contribution in [-0.4, -0.2) is 26.4 Å². The van der Waals surface area contributed by atoms with E-state index in [4.69, 9.17) is 4.98 Å². The van der Waals surface area contributed by atoms with Crippen molar-refractivity contribution in [2.45, 2.75) is 71.6 Å².